The van der Waals surface area contributed by atoms with Crippen molar-refractivity contribution in [2.45, 2.75) is 78.4 Å². The number of rotatable bonds is 15. The Labute approximate surface area is 277 Å². The molecule has 0 saturated heterocycles. The van der Waals surface area contributed by atoms with Gasteiger partial charge < -0.3 is 29.4 Å². The fourth-order valence-electron chi connectivity index (χ4n) is 3.91. The van der Waals surface area contributed by atoms with Gasteiger partial charge in [-0.15, -0.1) is 0 Å². The van der Waals surface area contributed by atoms with Gasteiger partial charge in [-0.2, -0.15) is 0 Å². The van der Waals surface area contributed by atoms with Crippen LogP contribution >= 0.6 is 8.02 Å². The molecule has 4 atom stereocenters. The molecule has 236 valence electrons. The van der Waals surface area contributed by atoms with Crippen LogP contribution < -0.4 is 5.32 Å². The maximum atomic E-state index is 13.3. The van der Waals surface area contributed by atoms with Crippen molar-refractivity contribution in [1.29, 1.82) is 0 Å². The summed E-state index contributed by atoms with van der Waals surface area (Å²) in [6.07, 6.45) is -2.48. The normalized spacial score (nSPS) is 13.7. The molecule has 0 aliphatic carbocycles. The Balaban J connectivity index is 0.00000575. The molecule has 1 amide bonds. The largest absolute Gasteiger partial charge is 0.481 e. The summed E-state index contributed by atoms with van der Waals surface area (Å²) in [5, 5.41) is 12.6. The van der Waals surface area contributed by atoms with E-state index in [1.54, 1.807) is 27.7 Å². The maximum Gasteiger partial charge on any atom is 0.408 e. The van der Waals surface area contributed by atoms with E-state index in [0.717, 1.165) is 11.1 Å². The average molecular weight is 670 g/mol. The SMILES string of the molecule is CC(C)CO[C@@H]([C@H](C)OC(=O)[C@H](COCc1ccccc1)NC(=O)OC(C)(C)C)[C@@H](Cc1ccccc1)C(=O)O.P=S.[Ti]. The van der Waals surface area contributed by atoms with Gasteiger partial charge in [-0.25, -0.2) is 9.59 Å². The molecule has 2 aromatic carbocycles. The van der Waals surface area contributed by atoms with Crippen molar-refractivity contribution in [3.63, 3.8) is 0 Å². The summed E-state index contributed by atoms with van der Waals surface area (Å²) in [5.74, 6) is -2.69. The van der Waals surface area contributed by atoms with Gasteiger partial charge in [-0.05, 0) is 59.2 Å². The summed E-state index contributed by atoms with van der Waals surface area (Å²) < 4.78 is 22.8. The van der Waals surface area contributed by atoms with Crippen molar-refractivity contribution >= 4 is 37.9 Å². The first kappa shape index (κ1) is 40.8. The first-order valence-corrected chi connectivity index (χ1v) is 15.4. The van der Waals surface area contributed by atoms with Crippen LogP contribution in [0, 0.1) is 11.8 Å². The number of benzene rings is 2. The van der Waals surface area contributed by atoms with Crippen LogP contribution in [0.4, 0.5) is 4.79 Å². The monoisotopic (exact) mass is 669 g/mol. The van der Waals surface area contributed by atoms with E-state index < -0.39 is 47.8 Å². The summed E-state index contributed by atoms with van der Waals surface area (Å²) in [5.41, 5.74) is 0.941. The fourth-order valence-corrected chi connectivity index (χ4v) is 3.91. The van der Waals surface area contributed by atoms with Crippen LogP contribution in [0.15, 0.2) is 60.7 Å². The molecule has 0 bridgehead atoms. The van der Waals surface area contributed by atoms with Gasteiger partial charge in [0.1, 0.15) is 17.8 Å². The van der Waals surface area contributed by atoms with Crippen LogP contribution in [-0.2, 0) is 75.1 Å². The Kier molecular flexibility index (Phi) is 20.4. The number of nitrogens with one attached hydrogen (secondary N) is 1. The van der Waals surface area contributed by atoms with E-state index in [4.69, 9.17) is 18.9 Å². The molecule has 43 heavy (non-hydrogen) atoms. The van der Waals surface area contributed by atoms with E-state index in [2.05, 4.69) is 25.1 Å². The average Bonchev–Trinajstić information content (AvgIpc) is 2.93. The number of carbonyl (C=O) groups excluding carboxylic acids is 2. The van der Waals surface area contributed by atoms with Crippen LogP contribution in [0.3, 0.4) is 0 Å². The predicted molar refractivity (Wildman–Crippen MR) is 166 cm³/mol. The summed E-state index contributed by atoms with van der Waals surface area (Å²) >= 11 is 3.89. The molecule has 2 aromatic rings. The molecule has 0 aliphatic rings. The number of hydrogen-bond donors (Lipinski definition) is 2. The molecule has 0 fully saturated rings. The molecule has 2 rings (SSSR count). The van der Waals surface area contributed by atoms with Crippen molar-refractivity contribution in [3.05, 3.63) is 71.8 Å². The van der Waals surface area contributed by atoms with Crippen LogP contribution in [0.5, 0.6) is 0 Å². The van der Waals surface area contributed by atoms with Crippen LogP contribution in [-0.4, -0.2) is 60.2 Å². The topological polar surface area (TPSA) is 120 Å². The number of carboxylic acids is 1. The number of alkyl carbamates (subject to hydrolysis) is 1. The van der Waals surface area contributed by atoms with Gasteiger partial charge in [-0.3, -0.25) is 4.79 Å². The zero-order chi connectivity index (χ0) is 31.7. The minimum absolute atomic E-state index is 0. The molecular formula is C31H44NO8PSTi. The summed E-state index contributed by atoms with van der Waals surface area (Å²) in [6.45, 7) is 11.0. The van der Waals surface area contributed by atoms with Crippen LogP contribution in [0.2, 0.25) is 0 Å². The number of amides is 1. The zero-order valence-corrected chi connectivity index (χ0v) is 29.1. The van der Waals surface area contributed by atoms with Gasteiger partial charge in [0.25, 0.3) is 0 Å². The maximum absolute atomic E-state index is 13.3. The second-order valence-electron chi connectivity index (χ2n) is 11.2. The van der Waals surface area contributed by atoms with Gasteiger partial charge in [0, 0.05) is 28.3 Å². The Morgan fingerprint density at radius 1 is 0.907 bits per heavy atom. The first-order valence-electron chi connectivity index (χ1n) is 13.8. The third-order valence-corrected chi connectivity index (χ3v) is 5.77. The number of hydrogen-bond acceptors (Lipinski definition) is 8. The van der Waals surface area contributed by atoms with E-state index in [9.17, 15) is 19.5 Å². The third-order valence-electron chi connectivity index (χ3n) is 5.77. The summed E-state index contributed by atoms with van der Waals surface area (Å²) in [6, 6.07) is 17.4. The van der Waals surface area contributed by atoms with E-state index in [1.165, 1.54) is 0 Å². The quantitative estimate of drug-likeness (QED) is 0.142. The number of carbonyl (C=O) groups is 3. The minimum Gasteiger partial charge on any atom is -0.481 e. The zero-order valence-electron chi connectivity index (χ0n) is 25.7. The number of carboxylic acid groups (broad SMARTS) is 1. The molecule has 0 heterocycles. The number of aliphatic carboxylic acids is 1. The van der Waals surface area contributed by atoms with Crippen LogP contribution in [0.25, 0.3) is 0 Å². The second-order valence-corrected chi connectivity index (χ2v) is 11.2. The molecule has 2 N–H and O–H groups in total. The molecule has 0 aromatic heterocycles. The van der Waals surface area contributed by atoms with Gasteiger partial charge in [0.05, 0.1) is 19.1 Å². The molecule has 9 nitrogen and oxygen atoms in total. The van der Waals surface area contributed by atoms with E-state index in [1.807, 2.05) is 74.5 Å². The van der Waals surface area contributed by atoms with Gasteiger partial charge in [0.15, 0.2) is 6.04 Å². The molecular weight excluding hydrogens is 625 g/mol. The van der Waals surface area contributed by atoms with Gasteiger partial charge in [0.2, 0.25) is 0 Å². The minimum atomic E-state index is -1.19. The van der Waals surface area contributed by atoms with E-state index >= 15 is 0 Å². The van der Waals surface area contributed by atoms with E-state index in [0.29, 0.717) is 0 Å². The number of ether oxygens (including phenoxy) is 4. The third kappa shape index (κ3) is 17.0. The smallest absolute Gasteiger partial charge is 0.408 e. The van der Waals surface area contributed by atoms with Crippen molar-refractivity contribution in [3.8, 4) is 0 Å². The molecule has 0 saturated carbocycles. The molecule has 0 spiro atoms. The second kappa shape index (κ2) is 21.5. The Morgan fingerprint density at radius 3 is 1.93 bits per heavy atom. The van der Waals surface area contributed by atoms with Crippen molar-refractivity contribution < 1.29 is 60.2 Å². The summed E-state index contributed by atoms with van der Waals surface area (Å²) in [4.78, 5) is 38.2. The van der Waals surface area contributed by atoms with Crippen molar-refractivity contribution in [1.82, 2.24) is 5.32 Å². The standard InChI is InChI=1S/C31H43NO8.HPS.Ti/c1-21(2)18-38-27(25(28(33)34)17-23-13-9-7-10-14-23)22(3)39-29(35)26(32-30(36)40-31(4,5)6)20-37-19-24-15-11-8-12-16-24;1-2;/h7-16,21-22,25-27H,17-20H2,1-6H3,(H,32,36)(H,33,34);1H;/t22-,25+,26-,27-;;/m0../s1. The Hall–Kier alpha value is -2.20. The first-order chi connectivity index (χ1) is 19.9. The number of esters is 1. The molecule has 0 unspecified atom stereocenters. The van der Waals surface area contributed by atoms with Gasteiger partial charge in [-0.1, -0.05) is 86.3 Å². The summed E-state index contributed by atoms with van der Waals surface area (Å²) in [7, 11) is 2.56. The molecule has 0 aliphatic heterocycles. The van der Waals surface area contributed by atoms with Crippen molar-refractivity contribution in [2.24, 2.45) is 11.8 Å². The van der Waals surface area contributed by atoms with Gasteiger partial charge >= 0.3 is 18.0 Å². The van der Waals surface area contributed by atoms with E-state index in [-0.39, 0.29) is 53.9 Å². The van der Waals surface area contributed by atoms with Crippen LogP contribution in [0.1, 0.15) is 52.7 Å². The Bertz CT molecular complexity index is 1090. The fraction of sp³-hybridized carbons (Fsp3) is 0.516. The molecule has 0 radical (unpaired) electrons. The molecule has 12 heteroatoms. The predicted octanol–water partition coefficient (Wildman–Crippen LogP) is 5.60. The van der Waals surface area contributed by atoms with Crippen molar-refractivity contribution in [2.75, 3.05) is 13.2 Å². The Morgan fingerprint density at radius 2 is 1.44 bits per heavy atom.